The minimum atomic E-state index is -0.959. The van der Waals surface area contributed by atoms with Crippen LogP contribution >= 0.6 is 0 Å². The fraction of sp³-hybridized carbons (Fsp3) is 0.455. The molecule has 4 rings (SSSR count). The van der Waals surface area contributed by atoms with Crippen molar-refractivity contribution in [3.8, 4) is 0 Å². The number of carboxylic acid groups (broad SMARTS) is 1. The van der Waals surface area contributed by atoms with Crippen LogP contribution in [0.5, 0.6) is 0 Å². The first-order chi connectivity index (χ1) is 14.1. The Morgan fingerprint density at radius 3 is 2.72 bits per heavy atom. The number of hydrogen-bond acceptors (Lipinski definition) is 4. The lowest BCUT2D eigenvalue weighted by Crippen LogP contribution is -2.51. The number of nitrogens with zero attached hydrogens (tertiary/aromatic N) is 4. The standard InChI is InChI=1S/C22H27FN4O2/c1-2-9-27-20-8-7-17(14-18(20)21(24-27)22(28)29)26-12-10-25(11-13-26)15-16-5-3-4-6-19(16)23/h2-6,17H,1,7-15H2,(H,28,29)/t17-/m1/s1. The van der Waals surface area contributed by atoms with E-state index >= 15 is 0 Å². The van der Waals surface area contributed by atoms with E-state index in [-0.39, 0.29) is 11.5 Å². The highest BCUT2D eigenvalue weighted by Crippen LogP contribution is 2.28. The van der Waals surface area contributed by atoms with Gasteiger partial charge < -0.3 is 5.11 Å². The molecule has 0 radical (unpaired) electrons. The lowest BCUT2D eigenvalue weighted by atomic mass is 9.90. The molecule has 154 valence electrons. The van der Waals surface area contributed by atoms with E-state index in [4.69, 9.17) is 0 Å². The van der Waals surface area contributed by atoms with Crippen molar-refractivity contribution < 1.29 is 14.3 Å². The molecule has 1 N–H and O–H groups in total. The average Bonchev–Trinajstić information content (AvgIpc) is 3.09. The van der Waals surface area contributed by atoms with Gasteiger partial charge in [-0.1, -0.05) is 24.3 Å². The van der Waals surface area contributed by atoms with E-state index in [1.54, 1.807) is 16.8 Å². The molecule has 2 heterocycles. The highest BCUT2D eigenvalue weighted by molar-refractivity contribution is 5.87. The molecule has 1 atom stereocenters. The fourth-order valence-electron chi connectivity index (χ4n) is 4.58. The van der Waals surface area contributed by atoms with E-state index in [1.165, 1.54) is 6.07 Å². The van der Waals surface area contributed by atoms with Crippen molar-refractivity contribution in [2.24, 2.45) is 0 Å². The molecule has 1 saturated heterocycles. The number of carbonyl (C=O) groups is 1. The third kappa shape index (κ3) is 4.11. The number of benzene rings is 1. The lowest BCUT2D eigenvalue weighted by Gasteiger charge is -2.40. The Morgan fingerprint density at radius 2 is 2.03 bits per heavy atom. The van der Waals surface area contributed by atoms with Gasteiger partial charge in [-0.15, -0.1) is 6.58 Å². The first kappa shape index (κ1) is 19.8. The molecule has 0 spiro atoms. The van der Waals surface area contributed by atoms with E-state index < -0.39 is 5.97 Å². The third-order valence-corrected chi connectivity index (χ3v) is 6.10. The first-order valence-electron chi connectivity index (χ1n) is 10.2. The Bertz CT molecular complexity index is 902. The van der Waals surface area contributed by atoms with E-state index in [2.05, 4.69) is 21.5 Å². The monoisotopic (exact) mass is 398 g/mol. The maximum Gasteiger partial charge on any atom is 0.356 e. The summed E-state index contributed by atoms with van der Waals surface area (Å²) in [6.07, 6.45) is 4.31. The second-order valence-corrected chi connectivity index (χ2v) is 7.85. The van der Waals surface area contributed by atoms with E-state index in [1.807, 2.05) is 12.1 Å². The van der Waals surface area contributed by atoms with Crippen LogP contribution in [-0.4, -0.2) is 62.9 Å². The van der Waals surface area contributed by atoms with Gasteiger partial charge in [0, 0.05) is 55.6 Å². The number of hydrogen-bond donors (Lipinski definition) is 1. The van der Waals surface area contributed by atoms with Crippen LogP contribution in [0.25, 0.3) is 0 Å². The van der Waals surface area contributed by atoms with Gasteiger partial charge in [0.2, 0.25) is 0 Å². The van der Waals surface area contributed by atoms with E-state index in [0.717, 1.165) is 62.3 Å². The summed E-state index contributed by atoms with van der Waals surface area (Å²) in [5.41, 5.74) is 2.84. The SMILES string of the molecule is C=CCn1nc(C(=O)O)c2c1CC[C@@H](N1CCN(Cc3ccccc3F)CC1)C2. The van der Waals surface area contributed by atoms with Crippen LogP contribution in [0, 0.1) is 5.82 Å². The number of halogens is 1. The van der Waals surface area contributed by atoms with Crippen LogP contribution in [-0.2, 0) is 25.9 Å². The van der Waals surface area contributed by atoms with Gasteiger partial charge in [-0.2, -0.15) is 5.10 Å². The Morgan fingerprint density at radius 1 is 1.28 bits per heavy atom. The summed E-state index contributed by atoms with van der Waals surface area (Å²) in [4.78, 5) is 16.4. The zero-order valence-corrected chi connectivity index (χ0v) is 16.6. The number of fused-ring (bicyclic) bond motifs is 1. The molecule has 1 aliphatic carbocycles. The number of allylic oxidation sites excluding steroid dienone is 1. The van der Waals surface area contributed by atoms with Gasteiger partial charge in [0.1, 0.15) is 5.82 Å². The van der Waals surface area contributed by atoms with Gasteiger partial charge in [0.15, 0.2) is 5.69 Å². The summed E-state index contributed by atoms with van der Waals surface area (Å²) in [5, 5.41) is 13.9. The highest BCUT2D eigenvalue weighted by atomic mass is 19.1. The maximum atomic E-state index is 13.9. The molecule has 1 fully saturated rings. The zero-order valence-electron chi connectivity index (χ0n) is 16.6. The Hall–Kier alpha value is -2.51. The number of rotatable bonds is 6. The van der Waals surface area contributed by atoms with Gasteiger partial charge in [-0.3, -0.25) is 14.5 Å². The molecule has 6 nitrogen and oxygen atoms in total. The number of aromatic carboxylic acids is 1. The van der Waals surface area contributed by atoms with Gasteiger partial charge in [-0.05, 0) is 25.3 Å². The molecule has 29 heavy (non-hydrogen) atoms. The van der Waals surface area contributed by atoms with Crippen molar-refractivity contribution in [2.45, 2.75) is 38.4 Å². The quantitative estimate of drug-likeness (QED) is 0.758. The first-order valence-corrected chi connectivity index (χ1v) is 10.2. The predicted molar refractivity (Wildman–Crippen MR) is 108 cm³/mol. The minimum Gasteiger partial charge on any atom is -0.476 e. The van der Waals surface area contributed by atoms with Crippen molar-refractivity contribution in [3.63, 3.8) is 0 Å². The van der Waals surface area contributed by atoms with E-state index in [9.17, 15) is 14.3 Å². The van der Waals surface area contributed by atoms with Gasteiger partial charge in [0.05, 0.1) is 6.54 Å². The zero-order chi connectivity index (χ0) is 20.4. The second kappa shape index (κ2) is 8.47. The Kier molecular flexibility index (Phi) is 5.78. The van der Waals surface area contributed by atoms with Gasteiger partial charge in [-0.25, -0.2) is 9.18 Å². The largest absolute Gasteiger partial charge is 0.476 e. The average molecular weight is 398 g/mol. The van der Waals surface area contributed by atoms with E-state index in [0.29, 0.717) is 19.1 Å². The van der Waals surface area contributed by atoms with Crippen molar-refractivity contribution in [3.05, 3.63) is 65.3 Å². The molecule has 2 aliphatic rings. The molecule has 1 aliphatic heterocycles. The summed E-state index contributed by atoms with van der Waals surface area (Å²) in [6.45, 7) is 8.52. The smallest absolute Gasteiger partial charge is 0.356 e. The number of aromatic nitrogens is 2. The third-order valence-electron chi connectivity index (χ3n) is 6.10. The molecule has 0 bridgehead atoms. The summed E-state index contributed by atoms with van der Waals surface area (Å²) in [6, 6.07) is 7.28. The molecule has 0 unspecified atom stereocenters. The number of carboxylic acids is 1. The minimum absolute atomic E-state index is 0.146. The Labute approximate surface area is 170 Å². The fourth-order valence-corrected chi connectivity index (χ4v) is 4.58. The lowest BCUT2D eigenvalue weighted by molar-refractivity contribution is 0.0684. The van der Waals surface area contributed by atoms with Crippen LogP contribution in [0.3, 0.4) is 0 Å². The summed E-state index contributed by atoms with van der Waals surface area (Å²) < 4.78 is 15.7. The molecule has 0 amide bonds. The Balaban J connectivity index is 1.40. The highest BCUT2D eigenvalue weighted by Gasteiger charge is 2.32. The van der Waals surface area contributed by atoms with Crippen LogP contribution in [0.4, 0.5) is 4.39 Å². The van der Waals surface area contributed by atoms with Crippen LogP contribution in [0.2, 0.25) is 0 Å². The van der Waals surface area contributed by atoms with Crippen molar-refractivity contribution >= 4 is 5.97 Å². The summed E-state index contributed by atoms with van der Waals surface area (Å²) >= 11 is 0. The second-order valence-electron chi connectivity index (χ2n) is 7.85. The maximum absolute atomic E-state index is 13.9. The van der Waals surface area contributed by atoms with Gasteiger partial charge in [0.25, 0.3) is 0 Å². The molecule has 2 aromatic rings. The summed E-state index contributed by atoms with van der Waals surface area (Å²) in [5.74, 6) is -1.10. The number of piperazine rings is 1. The van der Waals surface area contributed by atoms with Crippen LogP contribution in [0.15, 0.2) is 36.9 Å². The molecule has 1 aromatic carbocycles. The predicted octanol–water partition coefficient (Wildman–Crippen LogP) is 2.58. The van der Waals surface area contributed by atoms with Crippen molar-refractivity contribution in [2.75, 3.05) is 26.2 Å². The van der Waals surface area contributed by atoms with Crippen molar-refractivity contribution in [1.82, 2.24) is 19.6 Å². The molecular weight excluding hydrogens is 371 g/mol. The normalized spacial score (nSPS) is 20.4. The molecular formula is C22H27FN4O2. The molecule has 7 heteroatoms. The van der Waals surface area contributed by atoms with Crippen LogP contribution < -0.4 is 0 Å². The molecule has 1 aromatic heterocycles. The van der Waals surface area contributed by atoms with Crippen LogP contribution in [0.1, 0.15) is 33.7 Å². The molecule has 0 saturated carbocycles. The van der Waals surface area contributed by atoms with Gasteiger partial charge >= 0.3 is 5.97 Å². The summed E-state index contributed by atoms with van der Waals surface area (Å²) in [7, 11) is 0. The van der Waals surface area contributed by atoms with Crippen molar-refractivity contribution in [1.29, 1.82) is 0 Å². The topological polar surface area (TPSA) is 61.6 Å².